The maximum Gasteiger partial charge on any atom is 0.258 e. The Morgan fingerprint density at radius 1 is 0.679 bits per heavy atom. The van der Waals surface area contributed by atoms with Crippen LogP contribution >= 0.6 is 11.8 Å². The molecule has 0 spiro atoms. The molecule has 3 aromatic carbocycles. The van der Waals surface area contributed by atoms with Crippen molar-refractivity contribution in [2.75, 3.05) is 4.90 Å². The van der Waals surface area contributed by atoms with Crippen molar-refractivity contribution in [3.05, 3.63) is 102 Å². The van der Waals surface area contributed by atoms with Gasteiger partial charge in [0.1, 0.15) is 0 Å². The fraction of sp³-hybridized carbons (Fsp3) is 0. The van der Waals surface area contributed by atoms with Gasteiger partial charge in [0.15, 0.2) is 5.78 Å². The number of amides is 2. The van der Waals surface area contributed by atoms with Crippen LogP contribution in [0.15, 0.2) is 101 Å². The predicted octanol–water partition coefficient (Wildman–Crippen LogP) is 4.50. The second-order valence-electron chi connectivity index (χ2n) is 6.16. The number of anilines is 1. The zero-order chi connectivity index (χ0) is 19.5. The first kappa shape index (κ1) is 17.9. The molecule has 0 N–H and O–H groups in total. The minimum absolute atomic E-state index is 0.0160. The van der Waals surface area contributed by atoms with E-state index < -0.39 is 0 Å². The average Bonchev–Trinajstić information content (AvgIpc) is 3.07. The van der Waals surface area contributed by atoms with Gasteiger partial charge in [-0.15, -0.1) is 0 Å². The first-order chi connectivity index (χ1) is 13.6. The topological polar surface area (TPSA) is 54.5 Å². The number of rotatable bonds is 5. The number of hydrogen-bond donors (Lipinski definition) is 0. The van der Waals surface area contributed by atoms with Crippen molar-refractivity contribution in [1.29, 1.82) is 0 Å². The predicted molar refractivity (Wildman–Crippen MR) is 109 cm³/mol. The molecule has 5 heteroatoms. The molecule has 0 aromatic heterocycles. The summed E-state index contributed by atoms with van der Waals surface area (Å²) in [6.07, 6.45) is 2.54. The highest BCUT2D eigenvalue weighted by Gasteiger charge is 2.25. The fourth-order valence-corrected chi connectivity index (χ4v) is 3.78. The van der Waals surface area contributed by atoms with E-state index in [4.69, 9.17) is 0 Å². The Kier molecular flexibility index (Phi) is 4.91. The first-order valence-electron chi connectivity index (χ1n) is 8.66. The Bertz CT molecular complexity index is 1070. The minimum Gasteiger partial charge on any atom is -0.289 e. The molecule has 1 aliphatic heterocycles. The Labute approximate surface area is 166 Å². The van der Waals surface area contributed by atoms with Crippen LogP contribution in [0.2, 0.25) is 0 Å². The van der Waals surface area contributed by atoms with Crippen LogP contribution in [0.5, 0.6) is 0 Å². The summed E-state index contributed by atoms with van der Waals surface area (Å²) in [5.74, 6) is -0.690. The maximum atomic E-state index is 12.5. The lowest BCUT2D eigenvalue weighted by Crippen LogP contribution is -2.29. The Morgan fingerprint density at radius 2 is 1.32 bits per heavy atom. The summed E-state index contributed by atoms with van der Waals surface area (Å²) in [7, 11) is 0. The summed E-state index contributed by atoms with van der Waals surface area (Å²) in [5, 5.41) is 0. The van der Waals surface area contributed by atoms with E-state index in [-0.39, 0.29) is 17.6 Å². The largest absolute Gasteiger partial charge is 0.289 e. The van der Waals surface area contributed by atoms with Gasteiger partial charge in [0.25, 0.3) is 11.8 Å². The lowest BCUT2D eigenvalue weighted by molar-refractivity contribution is -0.119. The Hall–Kier alpha value is -3.44. The molecule has 2 amide bonds. The van der Waals surface area contributed by atoms with Crippen molar-refractivity contribution in [1.82, 2.24) is 0 Å². The number of hydrogen-bond acceptors (Lipinski definition) is 4. The number of carbonyl (C=O) groups is 3. The van der Waals surface area contributed by atoms with Crippen LogP contribution in [0.1, 0.15) is 15.9 Å². The van der Waals surface area contributed by atoms with Gasteiger partial charge in [-0.2, -0.15) is 0 Å². The summed E-state index contributed by atoms with van der Waals surface area (Å²) in [6.45, 7) is 0. The van der Waals surface area contributed by atoms with Crippen molar-refractivity contribution in [2.45, 2.75) is 9.79 Å². The molecule has 0 fully saturated rings. The third kappa shape index (κ3) is 3.66. The summed E-state index contributed by atoms with van der Waals surface area (Å²) in [5.41, 5.74) is 1.83. The quantitative estimate of drug-likeness (QED) is 0.479. The van der Waals surface area contributed by atoms with E-state index in [1.807, 2.05) is 42.5 Å². The van der Waals surface area contributed by atoms with E-state index >= 15 is 0 Å². The summed E-state index contributed by atoms with van der Waals surface area (Å²) < 4.78 is 0. The molecule has 136 valence electrons. The fourth-order valence-electron chi connectivity index (χ4n) is 2.91. The molecule has 3 aromatic rings. The third-order valence-electron chi connectivity index (χ3n) is 4.27. The average molecular weight is 385 g/mol. The molecule has 4 rings (SSSR count). The molecule has 0 unspecified atom stereocenters. The third-order valence-corrected chi connectivity index (χ3v) is 5.27. The molecule has 0 radical (unpaired) electrons. The molecule has 0 saturated heterocycles. The smallest absolute Gasteiger partial charge is 0.258 e. The second kappa shape index (κ2) is 7.66. The number of benzene rings is 3. The maximum absolute atomic E-state index is 12.5. The van der Waals surface area contributed by atoms with Gasteiger partial charge in [0.2, 0.25) is 0 Å². The van der Waals surface area contributed by atoms with E-state index in [1.54, 1.807) is 36.4 Å². The van der Waals surface area contributed by atoms with Gasteiger partial charge in [-0.05, 0) is 42.5 Å². The number of ketones is 1. The van der Waals surface area contributed by atoms with Crippen LogP contribution in [0.4, 0.5) is 5.69 Å². The van der Waals surface area contributed by atoms with E-state index in [0.29, 0.717) is 16.8 Å². The molecule has 28 heavy (non-hydrogen) atoms. The summed E-state index contributed by atoms with van der Waals surface area (Å²) in [4.78, 5) is 39.2. The van der Waals surface area contributed by atoms with E-state index in [2.05, 4.69) is 0 Å². The van der Waals surface area contributed by atoms with Crippen LogP contribution in [0, 0.1) is 0 Å². The molecule has 1 aliphatic rings. The van der Waals surface area contributed by atoms with Crippen molar-refractivity contribution < 1.29 is 14.4 Å². The van der Waals surface area contributed by atoms with E-state index in [0.717, 1.165) is 14.7 Å². The highest BCUT2D eigenvalue weighted by Crippen LogP contribution is 2.31. The van der Waals surface area contributed by atoms with E-state index in [1.165, 1.54) is 23.9 Å². The van der Waals surface area contributed by atoms with Crippen LogP contribution in [-0.4, -0.2) is 17.6 Å². The molecule has 0 aliphatic carbocycles. The Balaban J connectivity index is 1.51. The van der Waals surface area contributed by atoms with Crippen molar-refractivity contribution in [2.24, 2.45) is 0 Å². The number of carbonyl (C=O) groups excluding carboxylic acids is 3. The highest BCUT2D eigenvalue weighted by atomic mass is 32.2. The normalized spacial score (nSPS) is 13.2. The van der Waals surface area contributed by atoms with Crippen molar-refractivity contribution >= 4 is 35.0 Å². The molecule has 0 atom stereocenters. The van der Waals surface area contributed by atoms with Gasteiger partial charge in [-0.1, -0.05) is 48.2 Å². The molecule has 4 nitrogen and oxygen atoms in total. The van der Waals surface area contributed by atoms with Crippen LogP contribution in [-0.2, 0) is 9.59 Å². The van der Waals surface area contributed by atoms with Gasteiger partial charge in [0, 0.05) is 33.1 Å². The minimum atomic E-state index is -0.337. The van der Waals surface area contributed by atoms with Gasteiger partial charge < -0.3 is 0 Å². The van der Waals surface area contributed by atoms with Crippen LogP contribution in [0.3, 0.4) is 0 Å². The molecular formula is C23H15NO3S. The van der Waals surface area contributed by atoms with Gasteiger partial charge >= 0.3 is 0 Å². The summed E-state index contributed by atoms with van der Waals surface area (Å²) >= 11 is 1.50. The zero-order valence-corrected chi connectivity index (χ0v) is 15.6. The van der Waals surface area contributed by atoms with Crippen molar-refractivity contribution in [3.8, 4) is 0 Å². The monoisotopic (exact) mass is 385 g/mol. The SMILES string of the molecule is O=C(c1ccccc1)c1ccc(Sc2cccc(N3C(=O)C=CC3=O)c2)cc1. The standard InChI is InChI=1S/C23H15NO3S/c25-21-13-14-22(26)24(21)18-7-4-8-20(15-18)28-19-11-9-17(10-12-19)23(27)16-5-2-1-3-6-16/h1-15H. The van der Waals surface area contributed by atoms with E-state index in [9.17, 15) is 14.4 Å². The molecule has 1 heterocycles. The first-order valence-corrected chi connectivity index (χ1v) is 9.47. The highest BCUT2D eigenvalue weighted by molar-refractivity contribution is 7.99. The summed E-state index contributed by atoms with van der Waals surface area (Å²) in [6, 6.07) is 23.8. The molecular weight excluding hydrogens is 370 g/mol. The van der Waals surface area contributed by atoms with Crippen LogP contribution in [0.25, 0.3) is 0 Å². The van der Waals surface area contributed by atoms with Gasteiger partial charge in [0.05, 0.1) is 5.69 Å². The lowest BCUT2D eigenvalue weighted by atomic mass is 10.0. The Morgan fingerprint density at radius 3 is 2.00 bits per heavy atom. The number of imide groups is 1. The zero-order valence-electron chi connectivity index (χ0n) is 14.7. The van der Waals surface area contributed by atoms with Gasteiger partial charge in [-0.3, -0.25) is 14.4 Å². The lowest BCUT2D eigenvalue weighted by Gasteiger charge is -2.14. The molecule has 0 bridgehead atoms. The van der Waals surface area contributed by atoms with Crippen LogP contribution < -0.4 is 4.90 Å². The number of nitrogens with zero attached hydrogens (tertiary/aromatic N) is 1. The second-order valence-corrected chi connectivity index (χ2v) is 7.31. The van der Waals surface area contributed by atoms with Gasteiger partial charge in [-0.25, -0.2) is 4.90 Å². The molecule has 0 saturated carbocycles. The van der Waals surface area contributed by atoms with Crippen molar-refractivity contribution in [3.63, 3.8) is 0 Å².